The Morgan fingerprint density at radius 3 is 0.394 bits per heavy atom. The van der Waals surface area contributed by atoms with Gasteiger partial charge in [-0.3, -0.25) is 9.59 Å². The first-order valence-electron chi connectivity index (χ1n) is 50.2. The second kappa shape index (κ2) is 47.0. The Morgan fingerprint density at radius 2 is 0.296 bits per heavy atom. The first kappa shape index (κ1) is 112. The van der Waals surface area contributed by atoms with Crippen molar-refractivity contribution in [3.8, 4) is 46.0 Å². The maximum Gasteiger partial charge on any atom is 0.344 e. The zero-order chi connectivity index (χ0) is 105. The van der Waals surface area contributed by atoms with Gasteiger partial charge in [0.05, 0.1) is 39.6 Å². The van der Waals surface area contributed by atoms with Crippen LogP contribution >= 0.6 is 0 Å². The van der Waals surface area contributed by atoms with E-state index in [2.05, 4.69) is 274 Å². The summed E-state index contributed by atoms with van der Waals surface area (Å²) in [7, 11) is 0. The van der Waals surface area contributed by atoms with Crippen molar-refractivity contribution in [2.45, 2.75) is 302 Å². The molecule has 2 aliphatic rings. The fraction of sp³-hybridized carbons (Fsp3) is 0.525. The lowest BCUT2D eigenvalue weighted by Gasteiger charge is -2.29. The minimum atomic E-state index is -0.575. The van der Waals surface area contributed by atoms with Gasteiger partial charge >= 0.3 is 35.8 Å². The molecular formula is C118H156N2O22. The van der Waals surface area contributed by atoms with Crippen LogP contribution in [0.1, 0.15) is 341 Å². The molecule has 2 amide bonds. The Hall–Kier alpha value is -12.1. The Morgan fingerprint density at radius 1 is 0.190 bits per heavy atom. The van der Waals surface area contributed by atoms with Crippen molar-refractivity contribution in [3.63, 3.8) is 0 Å². The highest BCUT2D eigenvalue weighted by molar-refractivity contribution is 5.80. The van der Waals surface area contributed by atoms with Crippen molar-refractivity contribution in [2.24, 2.45) is 0 Å². The van der Waals surface area contributed by atoms with Crippen LogP contribution in [0.15, 0.2) is 97.1 Å². The number of carbonyl (C=O) groups is 8. The van der Waals surface area contributed by atoms with Crippen LogP contribution in [0.2, 0.25) is 0 Å². The molecule has 24 nitrogen and oxygen atoms in total. The van der Waals surface area contributed by atoms with Crippen LogP contribution < -0.4 is 48.5 Å². The molecule has 0 aliphatic heterocycles. The second-order valence-electron chi connectivity index (χ2n) is 45.2. The van der Waals surface area contributed by atoms with E-state index in [0.717, 1.165) is 66.8 Å². The number of benzene rings is 8. The molecule has 0 unspecified atom stereocenters. The fourth-order valence-electron chi connectivity index (χ4n) is 17.5. The molecular weight excluding hydrogens is 1800 g/mol. The molecule has 0 atom stereocenters. The average Bonchev–Trinajstić information content (AvgIpc) is 0.758. The van der Waals surface area contributed by atoms with Crippen LogP contribution in [0.4, 0.5) is 0 Å². The topological polar surface area (TPSA) is 290 Å². The first-order valence-corrected chi connectivity index (χ1v) is 50.2. The van der Waals surface area contributed by atoms with Crippen LogP contribution in [0.5, 0.6) is 46.0 Å². The lowest BCUT2D eigenvalue weighted by molar-refractivity contribution is -0.146. The number of hydrogen-bond acceptors (Lipinski definition) is 22. The molecule has 0 spiro atoms. The predicted octanol–water partition coefficient (Wildman–Crippen LogP) is 20.8. The summed E-state index contributed by atoms with van der Waals surface area (Å²) in [5, 5.41) is 6.06. The predicted molar refractivity (Wildman–Crippen MR) is 553 cm³/mol. The third-order valence-electron chi connectivity index (χ3n) is 25.2. The van der Waals surface area contributed by atoms with Crippen LogP contribution in [0.25, 0.3) is 0 Å². The summed E-state index contributed by atoms with van der Waals surface area (Å²) >= 11 is 0. The maximum absolute atomic E-state index is 15.0. The number of amides is 2. The summed E-state index contributed by atoms with van der Waals surface area (Å²) in [5.41, 5.74) is 15.1. The van der Waals surface area contributed by atoms with E-state index in [-0.39, 0.29) is 104 Å². The molecule has 8 aromatic rings. The van der Waals surface area contributed by atoms with Crippen molar-refractivity contribution in [3.05, 3.63) is 231 Å². The lowest BCUT2D eigenvalue weighted by atomic mass is 9.79. The number of nitrogens with one attached hydrogen (secondary N) is 2. The molecule has 16 bridgehead atoms. The normalized spacial score (nSPS) is 13.0. The number of esters is 6. The summed E-state index contributed by atoms with van der Waals surface area (Å²) in [4.78, 5) is 112. The third-order valence-corrected chi connectivity index (χ3v) is 25.2. The largest absolute Gasteiger partial charge is 0.483 e. The van der Waals surface area contributed by atoms with Gasteiger partial charge < -0.3 is 76.9 Å². The summed E-state index contributed by atoms with van der Waals surface area (Å²) in [6.07, 6.45) is 1.28. The number of fused-ring (bicyclic) bond motifs is 16. The van der Waals surface area contributed by atoms with Gasteiger partial charge in [-0.1, -0.05) is 263 Å². The summed E-state index contributed by atoms with van der Waals surface area (Å²) in [5.74, 6) is -1.10. The molecule has 142 heavy (non-hydrogen) atoms. The SMILES string of the molecule is CCOC(=O)COc1c2cc(C(C)(C)C)cc1Cc1cc(C(C)(C)C)cc(c1OCC(=O)OCC)Cc1cc(C(C)(C)C)cc(c1OCC(=O)OCC)Cc1cc(C(C)(C)C)cc(c1OCC(=O)NCCNC(=O)COc1c3cc(C(C)(C)C)cc1Cc1cc(C(C)(C)C)cc(c1OCC(=O)OCC)Cc1cc(C(C)(C)C)cc(c1OCC(=O)OCC)Cc1cc(C(C)(C)C)cc(c1OCC(=O)OCC)C3)C2. The average molecular weight is 1950 g/mol. The van der Waals surface area contributed by atoms with Crippen LogP contribution in [0, 0.1) is 0 Å². The van der Waals surface area contributed by atoms with Gasteiger partial charge in [0.1, 0.15) is 46.0 Å². The summed E-state index contributed by atoms with van der Waals surface area (Å²) in [6, 6.07) is 33.7. The van der Waals surface area contributed by atoms with Crippen LogP contribution in [-0.2, 0) is 161 Å². The molecule has 0 saturated carbocycles. The van der Waals surface area contributed by atoms with E-state index in [1.54, 1.807) is 41.5 Å². The molecule has 2 N–H and O–H groups in total. The minimum Gasteiger partial charge on any atom is -0.483 e. The Kier molecular flexibility index (Phi) is 37.0. The number of carbonyl (C=O) groups excluding carboxylic acids is 8. The van der Waals surface area contributed by atoms with Crippen molar-refractivity contribution < 1.29 is 105 Å². The lowest BCUT2D eigenvalue weighted by Crippen LogP contribution is -2.38. The highest BCUT2D eigenvalue weighted by Crippen LogP contribution is 2.49. The maximum atomic E-state index is 15.0. The molecule has 0 fully saturated rings. The minimum absolute atomic E-state index is 0.0441. The van der Waals surface area contributed by atoms with Gasteiger partial charge in [0.25, 0.3) is 11.8 Å². The standard InChI is InChI=1S/C118H156N2O22/c1-31-129-97(123)65-137-105-75-39-71-47-87(111(7,8)9)48-72(40-76-52-90(114(16,17)18)56-80(106(76)138-66-98(124)130-32-2)44-84-60-93(117(25,26)27)59-83(109(84)141-69-101(127)133-35-5)43-79(105)55-89(51-75)113(13,14)15)103(71)135-63-95(121)119-37-38-120-96(122)64-136-104-73-41-77-53-91(115(19,20)21)57-81(107(77)139-67-99(125)131-33-3)45-85-61-94(118(28,29)30)62-86(110(85)142-70-102(128)134-36-6)46-82-58-92(116(22,23)24)54-78(108(82)140-68-100(126)132-34-4)42-74(104)50-88(49-73)112(10,11)12/h47-62H,31-46,63-70H2,1-30H3,(H,119,121)(H,120,122). The van der Waals surface area contributed by atoms with Gasteiger partial charge in [0.2, 0.25) is 0 Å². The molecule has 10 rings (SSSR count). The molecule has 24 heteroatoms. The number of hydrogen-bond donors (Lipinski definition) is 2. The van der Waals surface area contributed by atoms with E-state index in [0.29, 0.717) is 113 Å². The molecule has 2 aliphatic carbocycles. The van der Waals surface area contributed by atoms with Crippen molar-refractivity contribution in [1.29, 1.82) is 0 Å². The number of ether oxygens (including phenoxy) is 14. The van der Waals surface area contributed by atoms with Crippen LogP contribution in [-0.4, -0.2) is 153 Å². The summed E-state index contributed by atoms with van der Waals surface area (Å²) in [6.45, 7) is 58.8. The third kappa shape index (κ3) is 30.3. The Bertz CT molecular complexity index is 5280. The van der Waals surface area contributed by atoms with Gasteiger partial charge in [0, 0.05) is 64.5 Å². The Balaban J connectivity index is 1.10. The molecule has 0 heterocycles. The van der Waals surface area contributed by atoms with Gasteiger partial charge in [0.15, 0.2) is 52.9 Å². The van der Waals surface area contributed by atoms with E-state index >= 15 is 9.59 Å². The van der Waals surface area contributed by atoms with Gasteiger partial charge in [-0.05, 0) is 218 Å². The van der Waals surface area contributed by atoms with Gasteiger partial charge in [-0.25, -0.2) is 28.8 Å². The van der Waals surface area contributed by atoms with E-state index in [1.165, 1.54) is 0 Å². The van der Waals surface area contributed by atoms with Crippen molar-refractivity contribution >= 4 is 47.6 Å². The second-order valence-corrected chi connectivity index (χ2v) is 45.2. The molecule has 0 radical (unpaired) electrons. The van der Waals surface area contributed by atoms with Crippen molar-refractivity contribution in [2.75, 3.05) is 106 Å². The molecule has 0 saturated heterocycles. The van der Waals surface area contributed by atoms with Crippen molar-refractivity contribution in [1.82, 2.24) is 10.6 Å². The smallest absolute Gasteiger partial charge is 0.344 e. The highest BCUT2D eigenvalue weighted by atomic mass is 16.6. The molecule has 8 aromatic carbocycles. The van der Waals surface area contributed by atoms with Gasteiger partial charge in [-0.15, -0.1) is 0 Å². The molecule has 770 valence electrons. The highest BCUT2D eigenvalue weighted by Gasteiger charge is 2.36. The van der Waals surface area contributed by atoms with E-state index in [1.807, 2.05) is 0 Å². The Labute approximate surface area is 842 Å². The quantitative estimate of drug-likeness (QED) is 0.0219. The van der Waals surface area contributed by atoms with E-state index in [9.17, 15) is 28.8 Å². The van der Waals surface area contributed by atoms with E-state index < -0.39 is 144 Å². The summed E-state index contributed by atoms with van der Waals surface area (Å²) < 4.78 is 88.6. The van der Waals surface area contributed by atoms with Gasteiger partial charge in [-0.2, -0.15) is 0 Å². The monoisotopic (exact) mass is 1950 g/mol. The number of rotatable bonds is 33. The fourth-order valence-corrected chi connectivity index (χ4v) is 17.5. The zero-order valence-electron chi connectivity index (χ0n) is 90.2. The van der Waals surface area contributed by atoms with E-state index in [4.69, 9.17) is 66.3 Å². The zero-order valence-corrected chi connectivity index (χ0v) is 90.2. The first-order chi connectivity index (χ1) is 66.4. The van der Waals surface area contributed by atoms with Crippen LogP contribution in [0.3, 0.4) is 0 Å². The molecule has 0 aromatic heterocycles.